The van der Waals surface area contributed by atoms with Crippen LogP contribution in [0.3, 0.4) is 0 Å². The third-order valence-corrected chi connectivity index (χ3v) is 2.45. The first-order valence-corrected chi connectivity index (χ1v) is 5.49. The van der Waals surface area contributed by atoms with E-state index in [0.717, 1.165) is 0 Å². The van der Waals surface area contributed by atoms with Gasteiger partial charge in [0.2, 0.25) is 0 Å². The second-order valence-corrected chi connectivity index (χ2v) is 3.83. The number of rotatable bonds is 4. The Hall–Kier alpha value is -2.70. The Morgan fingerprint density at radius 3 is 2.89 bits per heavy atom. The first kappa shape index (κ1) is 12.7. The van der Waals surface area contributed by atoms with Crippen molar-refractivity contribution >= 4 is 11.7 Å². The average molecular weight is 261 g/mol. The molecule has 2 aromatic rings. The maximum Gasteiger partial charge on any atom is 0.303 e. The molecule has 0 saturated carbocycles. The molecule has 0 bridgehead atoms. The van der Waals surface area contributed by atoms with Gasteiger partial charge in [-0.25, -0.2) is 0 Å². The van der Waals surface area contributed by atoms with Gasteiger partial charge in [0.15, 0.2) is 0 Å². The van der Waals surface area contributed by atoms with Crippen molar-refractivity contribution in [3.63, 3.8) is 0 Å². The number of aromatic amines is 1. The highest BCUT2D eigenvalue weighted by molar-refractivity contribution is 5.70. The van der Waals surface area contributed by atoms with E-state index in [1.54, 1.807) is 24.3 Å². The van der Waals surface area contributed by atoms with E-state index in [9.17, 15) is 14.9 Å². The Labute approximate surface area is 108 Å². The number of esters is 1. The van der Waals surface area contributed by atoms with Gasteiger partial charge in [0, 0.05) is 13.0 Å². The van der Waals surface area contributed by atoms with Gasteiger partial charge in [-0.3, -0.25) is 20.0 Å². The van der Waals surface area contributed by atoms with Crippen molar-refractivity contribution in [1.82, 2.24) is 10.2 Å². The van der Waals surface area contributed by atoms with Crippen LogP contribution in [0.25, 0.3) is 11.3 Å². The Kier molecular flexibility index (Phi) is 3.56. The van der Waals surface area contributed by atoms with Gasteiger partial charge in [0.1, 0.15) is 12.3 Å². The van der Waals surface area contributed by atoms with Gasteiger partial charge in [-0.1, -0.05) is 12.1 Å². The highest BCUT2D eigenvalue weighted by atomic mass is 16.6. The molecule has 7 nitrogen and oxygen atoms in total. The monoisotopic (exact) mass is 261 g/mol. The average Bonchev–Trinajstić information content (AvgIpc) is 2.85. The number of H-pyrrole nitrogens is 1. The molecule has 1 aromatic carbocycles. The van der Waals surface area contributed by atoms with Crippen LogP contribution in [0.5, 0.6) is 0 Å². The minimum atomic E-state index is -0.456. The molecule has 0 aliphatic rings. The zero-order valence-electron chi connectivity index (χ0n) is 10.1. The molecule has 0 amide bonds. The van der Waals surface area contributed by atoms with Gasteiger partial charge in [-0.2, -0.15) is 5.10 Å². The van der Waals surface area contributed by atoms with E-state index in [4.69, 9.17) is 4.74 Å². The Balaban J connectivity index is 2.28. The largest absolute Gasteiger partial charge is 0.459 e. The molecule has 7 heteroatoms. The molecular formula is C12H11N3O4. The fraction of sp³-hybridized carbons (Fsp3) is 0.167. The number of para-hydroxylation sites is 1. The fourth-order valence-corrected chi connectivity index (χ4v) is 1.61. The quantitative estimate of drug-likeness (QED) is 0.516. The third-order valence-electron chi connectivity index (χ3n) is 2.45. The Bertz CT molecular complexity index is 621. The molecule has 0 atom stereocenters. The molecule has 0 radical (unpaired) electrons. The van der Waals surface area contributed by atoms with E-state index in [2.05, 4.69) is 10.2 Å². The summed E-state index contributed by atoms with van der Waals surface area (Å²) in [5.41, 5.74) is 1.44. The predicted octanol–water partition coefficient (Wildman–Crippen LogP) is 2.05. The predicted molar refractivity (Wildman–Crippen MR) is 66.1 cm³/mol. The van der Waals surface area contributed by atoms with Crippen molar-refractivity contribution < 1.29 is 14.5 Å². The van der Waals surface area contributed by atoms with E-state index in [1.165, 1.54) is 13.0 Å². The molecule has 0 spiro atoms. The lowest BCUT2D eigenvalue weighted by Crippen LogP contribution is -1.98. The number of nitro benzene ring substituents is 1. The van der Waals surface area contributed by atoms with Gasteiger partial charge < -0.3 is 4.74 Å². The van der Waals surface area contributed by atoms with Crippen molar-refractivity contribution in [2.45, 2.75) is 13.5 Å². The number of nitrogens with zero attached hydrogens (tertiary/aromatic N) is 2. The van der Waals surface area contributed by atoms with Crippen LogP contribution in [-0.4, -0.2) is 21.1 Å². The fourth-order valence-electron chi connectivity index (χ4n) is 1.61. The smallest absolute Gasteiger partial charge is 0.303 e. The summed E-state index contributed by atoms with van der Waals surface area (Å²) in [5.74, 6) is -0.407. The molecule has 0 aliphatic carbocycles. The summed E-state index contributed by atoms with van der Waals surface area (Å²) < 4.78 is 4.80. The van der Waals surface area contributed by atoms with Crippen LogP contribution in [0.15, 0.2) is 30.3 Å². The Morgan fingerprint density at radius 1 is 1.47 bits per heavy atom. The summed E-state index contributed by atoms with van der Waals surface area (Å²) in [6.45, 7) is 1.34. The van der Waals surface area contributed by atoms with Crippen LogP contribution in [0.1, 0.15) is 12.6 Å². The molecule has 19 heavy (non-hydrogen) atoms. The van der Waals surface area contributed by atoms with E-state index < -0.39 is 10.9 Å². The lowest BCUT2D eigenvalue weighted by Gasteiger charge is -1.98. The zero-order valence-corrected chi connectivity index (χ0v) is 10.1. The molecule has 98 valence electrons. The van der Waals surface area contributed by atoms with E-state index in [0.29, 0.717) is 17.0 Å². The van der Waals surface area contributed by atoms with Crippen molar-refractivity contribution in [3.05, 3.63) is 46.1 Å². The van der Waals surface area contributed by atoms with Crippen LogP contribution >= 0.6 is 0 Å². The maximum atomic E-state index is 10.9. The Morgan fingerprint density at radius 2 is 2.21 bits per heavy atom. The number of hydrogen-bond donors (Lipinski definition) is 1. The topological polar surface area (TPSA) is 98.1 Å². The molecule has 0 unspecified atom stereocenters. The van der Waals surface area contributed by atoms with Crippen molar-refractivity contribution in [1.29, 1.82) is 0 Å². The van der Waals surface area contributed by atoms with Crippen LogP contribution in [0.4, 0.5) is 5.69 Å². The second-order valence-electron chi connectivity index (χ2n) is 3.83. The molecular weight excluding hydrogens is 250 g/mol. The van der Waals surface area contributed by atoms with Gasteiger partial charge in [0.25, 0.3) is 5.69 Å². The molecule has 0 aliphatic heterocycles. The van der Waals surface area contributed by atoms with Gasteiger partial charge in [-0.05, 0) is 12.1 Å². The first-order chi connectivity index (χ1) is 9.08. The van der Waals surface area contributed by atoms with Gasteiger partial charge in [0.05, 0.1) is 16.2 Å². The number of carbonyl (C=O) groups is 1. The minimum Gasteiger partial charge on any atom is -0.459 e. The number of aromatic nitrogens is 2. The molecule has 2 rings (SSSR count). The molecule has 0 saturated heterocycles. The van der Waals surface area contributed by atoms with Crippen molar-refractivity contribution in [3.8, 4) is 11.3 Å². The SMILES string of the molecule is CC(=O)OCc1cc(-c2ccccc2[N+](=O)[O-])[nH]n1. The lowest BCUT2D eigenvalue weighted by atomic mass is 10.1. The highest BCUT2D eigenvalue weighted by Crippen LogP contribution is 2.28. The van der Waals surface area contributed by atoms with Crippen molar-refractivity contribution in [2.75, 3.05) is 0 Å². The van der Waals surface area contributed by atoms with Gasteiger partial charge in [-0.15, -0.1) is 0 Å². The molecule has 1 aromatic heterocycles. The van der Waals surface area contributed by atoms with E-state index in [-0.39, 0.29) is 12.3 Å². The number of ether oxygens (including phenoxy) is 1. The third kappa shape index (κ3) is 2.95. The summed E-state index contributed by atoms with van der Waals surface area (Å²) in [7, 11) is 0. The maximum absolute atomic E-state index is 10.9. The van der Waals surface area contributed by atoms with E-state index in [1.807, 2.05) is 0 Å². The van der Waals surface area contributed by atoms with Crippen LogP contribution in [0.2, 0.25) is 0 Å². The lowest BCUT2D eigenvalue weighted by molar-refractivity contribution is -0.384. The molecule has 1 N–H and O–H groups in total. The summed E-state index contributed by atoms with van der Waals surface area (Å²) in [6, 6.07) is 7.96. The normalized spacial score (nSPS) is 10.2. The number of benzene rings is 1. The summed E-state index contributed by atoms with van der Waals surface area (Å²) in [4.78, 5) is 21.2. The first-order valence-electron chi connectivity index (χ1n) is 5.49. The standard InChI is InChI=1S/C12H11N3O4/c1-8(16)19-7-9-6-11(14-13-9)10-4-2-3-5-12(10)15(17)18/h2-6H,7H2,1H3,(H,13,14). The number of hydrogen-bond acceptors (Lipinski definition) is 5. The molecule has 1 heterocycles. The molecule has 0 fully saturated rings. The number of carbonyl (C=O) groups excluding carboxylic acids is 1. The van der Waals surface area contributed by atoms with Crippen molar-refractivity contribution in [2.24, 2.45) is 0 Å². The summed E-state index contributed by atoms with van der Waals surface area (Å²) in [5, 5.41) is 17.6. The van der Waals surface area contributed by atoms with E-state index >= 15 is 0 Å². The van der Waals surface area contributed by atoms with Gasteiger partial charge >= 0.3 is 5.97 Å². The summed E-state index contributed by atoms with van der Waals surface area (Å²) >= 11 is 0. The van der Waals surface area contributed by atoms with Crippen LogP contribution in [0, 0.1) is 10.1 Å². The summed E-state index contributed by atoms with van der Waals surface area (Å²) in [6.07, 6.45) is 0. The number of nitro groups is 1. The highest BCUT2D eigenvalue weighted by Gasteiger charge is 2.16. The van der Waals surface area contributed by atoms with Crippen LogP contribution < -0.4 is 0 Å². The second kappa shape index (κ2) is 5.30. The van der Waals surface area contributed by atoms with Crippen LogP contribution in [-0.2, 0) is 16.1 Å². The zero-order chi connectivity index (χ0) is 13.8. The minimum absolute atomic E-state index is 0.00909. The number of nitrogens with one attached hydrogen (secondary N) is 1.